The lowest BCUT2D eigenvalue weighted by atomic mass is 10.2. The Balaban J connectivity index is 3.15. The van der Waals surface area contributed by atoms with Crippen LogP contribution in [-0.4, -0.2) is 45.8 Å². The number of carbonyl (C=O) groups excluding carboxylic acids is 1. The molecule has 0 aliphatic carbocycles. The molecule has 0 aliphatic rings. The smallest absolute Gasteiger partial charge is 0.434 e. The van der Waals surface area contributed by atoms with E-state index in [1.807, 2.05) is 20.8 Å². The van der Waals surface area contributed by atoms with Gasteiger partial charge in [-0.3, -0.25) is 0 Å². The van der Waals surface area contributed by atoms with Gasteiger partial charge in [-0.05, 0) is 12.8 Å². The molecule has 0 saturated heterocycles. The van der Waals surface area contributed by atoms with Gasteiger partial charge in [0.1, 0.15) is 6.61 Å². The molecule has 0 bridgehead atoms. The summed E-state index contributed by atoms with van der Waals surface area (Å²) in [5, 5.41) is 0. The zero-order valence-electron chi connectivity index (χ0n) is 10.4. The van der Waals surface area contributed by atoms with Crippen LogP contribution in [0.4, 0.5) is 4.79 Å². The zero-order valence-corrected chi connectivity index (χ0v) is 10.4. The summed E-state index contributed by atoms with van der Waals surface area (Å²) in [6.45, 7) is 8.56. The molecule has 0 aromatic carbocycles. The van der Waals surface area contributed by atoms with E-state index < -0.39 is 6.16 Å². The Hall–Kier alpha value is -0.810. The van der Waals surface area contributed by atoms with Crippen molar-refractivity contribution in [3.05, 3.63) is 0 Å². The molecule has 0 atom stereocenters. The molecular weight excluding hydrogens is 212 g/mol. The lowest BCUT2D eigenvalue weighted by Gasteiger charge is -2.08. The highest BCUT2D eigenvalue weighted by Gasteiger charge is 2.04. The van der Waals surface area contributed by atoms with Crippen LogP contribution in [0.2, 0.25) is 0 Å². The van der Waals surface area contributed by atoms with E-state index in [0.717, 1.165) is 0 Å². The predicted molar refractivity (Wildman–Crippen MR) is 59.5 cm³/mol. The molecule has 0 aromatic rings. The largest absolute Gasteiger partial charge is 0.508 e. The molecule has 16 heavy (non-hydrogen) atoms. The van der Waals surface area contributed by atoms with Gasteiger partial charge in [-0.15, -0.1) is 0 Å². The van der Waals surface area contributed by atoms with Gasteiger partial charge in [-0.25, -0.2) is 4.79 Å². The van der Waals surface area contributed by atoms with E-state index in [0.29, 0.717) is 39.0 Å². The van der Waals surface area contributed by atoms with Crippen molar-refractivity contribution >= 4 is 6.16 Å². The average Bonchev–Trinajstić information content (AvgIpc) is 2.25. The van der Waals surface area contributed by atoms with Gasteiger partial charge in [0.2, 0.25) is 0 Å². The third kappa shape index (κ3) is 11.3. The lowest BCUT2D eigenvalue weighted by Crippen LogP contribution is -2.15. The second kappa shape index (κ2) is 10.7. The van der Waals surface area contributed by atoms with E-state index in [1.54, 1.807) is 0 Å². The summed E-state index contributed by atoms with van der Waals surface area (Å²) in [5.41, 5.74) is 0. The molecule has 0 N–H and O–H groups in total. The molecule has 5 heteroatoms. The lowest BCUT2D eigenvalue weighted by molar-refractivity contribution is 0.00794. The third-order valence-corrected chi connectivity index (χ3v) is 1.56. The maximum atomic E-state index is 11.0. The van der Waals surface area contributed by atoms with Gasteiger partial charge < -0.3 is 18.9 Å². The summed E-state index contributed by atoms with van der Waals surface area (Å²) in [7, 11) is 0. The molecule has 0 aliphatic heterocycles. The third-order valence-electron chi connectivity index (χ3n) is 1.56. The standard InChI is InChI=1S/C11H22O5/c1-4-13-5-6-14-7-8-15-11(12)16-9-10(2)3/h10H,4-9H2,1-3H3. The minimum atomic E-state index is -0.637. The number of ether oxygens (including phenoxy) is 4. The van der Waals surface area contributed by atoms with E-state index in [2.05, 4.69) is 0 Å². The Morgan fingerprint density at radius 1 is 1.00 bits per heavy atom. The maximum Gasteiger partial charge on any atom is 0.508 e. The molecule has 0 rings (SSSR count). The van der Waals surface area contributed by atoms with Crippen molar-refractivity contribution in [3.63, 3.8) is 0 Å². The number of hydrogen-bond donors (Lipinski definition) is 0. The fourth-order valence-corrected chi connectivity index (χ4v) is 0.825. The van der Waals surface area contributed by atoms with E-state index in [1.165, 1.54) is 0 Å². The Morgan fingerprint density at radius 2 is 1.62 bits per heavy atom. The van der Waals surface area contributed by atoms with Gasteiger partial charge >= 0.3 is 6.16 Å². The van der Waals surface area contributed by atoms with Crippen LogP contribution in [0.1, 0.15) is 20.8 Å². The normalized spacial score (nSPS) is 10.5. The van der Waals surface area contributed by atoms with Crippen molar-refractivity contribution < 1.29 is 23.7 Å². The van der Waals surface area contributed by atoms with Gasteiger partial charge in [0.25, 0.3) is 0 Å². The highest BCUT2D eigenvalue weighted by Crippen LogP contribution is 1.94. The fraction of sp³-hybridized carbons (Fsp3) is 0.909. The molecule has 5 nitrogen and oxygen atoms in total. The Bertz CT molecular complexity index is 170. The van der Waals surface area contributed by atoms with Crippen LogP contribution >= 0.6 is 0 Å². The summed E-state index contributed by atoms with van der Waals surface area (Å²) in [6, 6.07) is 0. The van der Waals surface area contributed by atoms with Gasteiger partial charge in [-0.2, -0.15) is 0 Å². The Kier molecular flexibility index (Phi) is 10.2. The molecule has 0 fully saturated rings. The molecule has 0 aromatic heterocycles. The molecule has 0 saturated carbocycles. The molecule has 0 heterocycles. The molecule has 0 spiro atoms. The first-order valence-corrected chi connectivity index (χ1v) is 5.61. The summed E-state index contributed by atoms with van der Waals surface area (Å²) < 4.78 is 19.8. The second-order valence-electron chi connectivity index (χ2n) is 3.61. The number of carbonyl (C=O) groups is 1. The first-order chi connectivity index (χ1) is 7.66. The van der Waals surface area contributed by atoms with Crippen molar-refractivity contribution in [2.45, 2.75) is 20.8 Å². The predicted octanol–water partition coefficient (Wildman–Crippen LogP) is 1.85. The van der Waals surface area contributed by atoms with Crippen LogP contribution in [-0.2, 0) is 18.9 Å². The fourth-order valence-electron chi connectivity index (χ4n) is 0.825. The minimum Gasteiger partial charge on any atom is -0.434 e. The van der Waals surface area contributed by atoms with Crippen LogP contribution in [0, 0.1) is 5.92 Å². The monoisotopic (exact) mass is 234 g/mol. The zero-order chi connectivity index (χ0) is 12.2. The van der Waals surface area contributed by atoms with E-state index in [9.17, 15) is 4.79 Å². The minimum absolute atomic E-state index is 0.211. The van der Waals surface area contributed by atoms with E-state index in [4.69, 9.17) is 18.9 Å². The quantitative estimate of drug-likeness (QED) is 0.450. The summed E-state index contributed by atoms with van der Waals surface area (Å²) >= 11 is 0. The summed E-state index contributed by atoms with van der Waals surface area (Å²) in [4.78, 5) is 11.0. The molecular formula is C11H22O5. The number of rotatable bonds is 9. The van der Waals surface area contributed by atoms with Gasteiger partial charge in [0.05, 0.1) is 26.4 Å². The van der Waals surface area contributed by atoms with Crippen molar-refractivity contribution in [1.29, 1.82) is 0 Å². The molecule has 0 unspecified atom stereocenters. The van der Waals surface area contributed by atoms with Crippen LogP contribution in [0.3, 0.4) is 0 Å². The van der Waals surface area contributed by atoms with Gasteiger partial charge in [0.15, 0.2) is 0 Å². The topological polar surface area (TPSA) is 54.0 Å². The van der Waals surface area contributed by atoms with Crippen molar-refractivity contribution in [1.82, 2.24) is 0 Å². The van der Waals surface area contributed by atoms with Crippen LogP contribution in [0.15, 0.2) is 0 Å². The van der Waals surface area contributed by atoms with Crippen molar-refractivity contribution in [2.24, 2.45) is 5.92 Å². The first kappa shape index (κ1) is 15.2. The molecule has 96 valence electrons. The van der Waals surface area contributed by atoms with Gasteiger partial charge in [-0.1, -0.05) is 13.8 Å². The highest BCUT2D eigenvalue weighted by molar-refractivity contribution is 5.59. The van der Waals surface area contributed by atoms with Gasteiger partial charge in [0, 0.05) is 6.61 Å². The summed E-state index contributed by atoms with van der Waals surface area (Å²) in [6.07, 6.45) is -0.637. The Labute approximate surface area is 97.0 Å². The first-order valence-electron chi connectivity index (χ1n) is 5.61. The highest BCUT2D eigenvalue weighted by atomic mass is 16.7. The molecule has 0 amide bonds. The number of hydrogen-bond acceptors (Lipinski definition) is 5. The van der Waals surface area contributed by atoms with Crippen molar-refractivity contribution in [3.8, 4) is 0 Å². The Morgan fingerprint density at radius 3 is 2.25 bits per heavy atom. The molecule has 0 radical (unpaired) electrons. The van der Waals surface area contributed by atoms with Crippen molar-refractivity contribution in [2.75, 3.05) is 39.6 Å². The second-order valence-corrected chi connectivity index (χ2v) is 3.61. The van der Waals surface area contributed by atoms with Crippen LogP contribution < -0.4 is 0 Å². The average molecular weight is 234 g/mol. The van der Waals surface area contributed by atoms with Crippen LogP contribution in [0.25, 0.3) is 0 Å². The van der Waals surface area contributed by atoms with Crippen LogP contribution in [0.5, 0.6) is 0 Å². The maximum absolute atomic E-state index is 11.0. The SMILES string of the molecule is CCOCCOCCOC(=O)OCC(C)C. The van der Waals surface area contributed by atoms with E-state index >= 15 is 0 Å². The van der Waals surface area contributed by atoms with E-state index in [-0.39, 0.29) is 6.61 Å². The summed E-state index contributed by atoms with van der Waals surface area (Å²) in [5.74, 6) is 0.315.